The number of hydrogen-bond acceptors (Lipinski definition) is 3. The van der Waals surface area contributed by atoms with Crippen molar-refractivity contribution in [2.75, 3.05) is 0 Å². The first-order valence-corrected chi connectivity index (χ1v) is 5.65. The van der Waals surface area contributed by atoms with E-state index in [9.17, 15) is 9.50 Å². The average molecular weight is 247 g/mol. The van der Waals surface area contributed by atoms with Crippen LogP contribution < -0.4 is 4.74 Å². The Morgan fingerprint density at radius 1 is 1.28 bits per heavy atom. The van der Waals surface area contributed by atoms with Gasteiger partial charge in [0.2, 0.25) is 0 Å². The Morgan fingerprint density at radius 3 is 2.67 bits per heavy atom. The first kappa shape index (κ1) is 12.5. The van der Waals surface area contributed by atoms with E-state index in [1.165, 1.54) is 19.1 Å². The van der Waals surface area contributed by atoms with Crippen molar-refractivity contribution in [2.24, 2.45) is 0 Å². The molecular formula is C14H14FNO2. The van der Waals surface area contributed by atoms with Crippen LogP contribution in [-0.2, 0) is 0 Å². The minimum Gasteiger partial charge on any atom is -0.455 e. The zero-order valence-corrected chi connectivity index (χ0v) is 10.2. The number of aliphatic hydroxyl groups is 1. The normalized spacial score (nSPS) is 12.2. The van der Waals surface area contributed by atoms with Crippen molar-refractivity contribution in [1.82, 2.24) is 4.98 Å². The van der Waals surface area contributed by atoms with E-state index in [4.69, 9.17) is 4.74 Å². The SMILES string of the molecule is Cc1ccc(Oc2cccc(F)c2[C@@H](C)O)cn1. The van der Waals surface area contributed by atoms with Gasteiger partial charge in [-0.1, -0.05) is 6.07 Å². The van der Waals surface area contributed by atoms with Crippen LogP contribution in [0.3, 0.4) is 0 Å². The van der Waals surface area contributed by atoms with E-state index in [-0.39, 0.29) is 5.56 Å². The number of halogens is 1. The number of benzene rings is 1. The highest BCUT2D eigenvalue weighted by Crippen LogP contribution is 2.31. The van der Waals surface area contributed by atoms with Gasteiger partial charge in [0.15, 0.2) is 0 Å². The molecule has 4 heteroatoms. The predicted octanol–water partition coefficient (Wildman–Crippen LogP) is 3.37. The molecule has 0 saturated carbocycles. The molecule has 1 N–H and O–H groups in total. The molecule has 2 rings (SSSR count). The molecule has 1 aromatic heterocycles. The van der Waals surface area contributed by atoms with Gasteiger partial charge in [0.1, 0.15) is 17.3 Å². The summed E-state index contributed by atoms with van der Waals surface area (Å²) in [5.41, 5.74) is 1.02. The van der Waals surface area contributed by atoms with E-state index < -0.39 is 11.9 Å². The molecule has 0 spiro atoms. The molecule has 1 atom stereocenters. The largest absolute Gasteiger partial charge is 0.455 e. The van der Waals surface area contributed by atoms with Crippen LogP contribution in [0, 0.1) is 12.7 Å². The van der Waals surface area contributed by atoms with Crippen molar-refractivity contribution >= 4 is 0 Å². The summed E-state index contributed by atoms with van der Waals surface area (Å²) in [4.78, 5) is 4.09. The summed E-state index contributed by atoms with van der Waals surface area (Å²) >= 11 is 0. The van der Waals surface area contributed by atoms with Gasteiger partial charge in [0.05, 0.1) is 17.9 Å². The summed E-state index contributed by atoms with van der Waals surface area (Å²) in [5, 5.41) is 9.57. The van der Waals surface area contributed by atoms with E-state index >= 15 is 0 Å². The van der Waals surface area contributed by atoms with Gasteiger partial charge in [-0.2, -0.15) is 0 Å². The summed E-state index contributed by atoms with van der Waals surface area (Å²) in [6.07, 6.45) is 0.631. The van der Waals surface area contributed by atoms with Crippen LogP contribution in [0.25, 0.3) is 0 Å². The van der Waals surface area contributed by atoms with Gasteiger partial charge in [-0.3, -0.25) is 4.98 Å². The maximum atomic E-state index is 13.6. The maximum Gasteiger partial charge on any atom is 0.145 e. The van der Waals surface area contributed by atoms with E-state index in [1.807, 2.05) is 6.92 Å². The second kappa shape index (κ2) is 5.14. The van der Waals surface area contributed by atoms with Crippen molar-refractivity contribution in [1.29, 1.82) is 0 Å². The topological polar surface area (TPSA) is 42.4 Å². The Morgan fingerprint density at radius 2 is 2.06 bits per heavy atom. The quantitative estimate of drug-likeness (QED) is 0.904. The average Bonchev–Trinajstić information content (AvgIpc) is 2.32. The number of aliphatic hydroxyl groups excluding tert-OH is 1. The second-order valence-corrected chi connectivity index (χ2v) is 4.06. The molecule has 0 radical (unpaired) electrons. The first-order chi connectivity index (χ1) is 8.58. The highest BCUT2D eigenvalue weighted by molar-refractivity contribution is 5.39. The Kier molecular flexibility index (Phi) is 3.58. The van der Waals surface area contributed by atoms with Crippen LogP contribution in [0.2, 0.25) is 0 Å². The Labute approximate surface area is 105 Å². The van der Waals surface area contributed by atoms with Crippen molar-refractivity contribution in [3.8, 4) is 11.5 Å². The summed E-state index contributed by atoms with van der Waals surface area (Å²) in [7, 11) is 0. The molecule has 18 heavy (non-hydrogen) atoms. The number of ether oxygens (including phenoxy) is 1. The molecular weight excluding hydrogens is 233 g/mol. The van der Waals surface area contributed by atoms with E-state index in [0.29, 0.717) is 11.5 Å². The number of rotatable bonds is 3. The first-order valence-electron chi connectivity index (χ1n) is 5.65. The number of nitrogens with zero attached hydrogens (tertiary/aromatic N) is 1. The summed E-state index contributed by atoms with van der Waals surface area (Å²) in [6.45, 7) is 3.37. The van der Waals surface area contributed by atoms with Crippen LogP contribution in [0.4, 0.5) is 4.39 Å². The minimum absolute atomic E-state index is 0.151. The molecule has 0 unspecified atom stereocenters. The smallest absolute Gasteiger partial charge is 0.145 e. The van der Waals surface area contributed by atoms with Gasteiger partial charge < -0.3 is 9.84 Å². The standard InChI is InChI=1S/C14H14FNO2/c1-9-6-7-11(8-16-9)18-13-5-3-4-12(15)14(13)10(2)17/h3-8,10,17H,1-2H3/t10-/m1/s1. The van der Waals surface area contributed by atoms with Gasteiger partial charge in [-0.25, -0.2) is 4.39 Å². The molecule has 0 aliphatic heterocycles. The summed E-state index contributed by atoms with van der Waals surface area (Å²) in [6, 6.07) is 8.00. The molecule has 1 heterocycles. The lowest BCUT2D eigenvalue weighted by atomic mass is 10.1. The molecule has 94 valence electrons. The zero-order valence-electron chi connectivity index (χ0n) is 10.2. The Bertz CT molecular complexity index is 538. The van der Waals surface area contributed by atoms with Gasteiger partial charge in [0.25, 0.3) is 0 Å². The van der Waals surface area contributed by atoms with Crippen molar-refractivity contribution < 1.29 is 14.2 Å². The lowest BCUT2D eigenvalue weighted by Crippen LogP contribution is -2.00. The van der Waals surface area contributed by atoms with Crippen LogP contribution in [0.15, 0.2) is 36.5 Å². The monoisotopic (exact) mass is 247 g/mol. The highest BCUT2D eigenvalue weighted by Gasteiger charge is 2.15. The molecule has 0 amide bonds. The van der Waals surface area contributed by atoms with Crippen molar-refractivity contribution in [3.05, 3.63) is 53.6 Å². The molecule has 0 saturated heterocycles. The van der Waals surface area contributed by atoms with E-state index in [2.05, 4.69) is 4.98 Å². The van der Waals surface area contributed by atoms with E-state index in [1.54, 1.807) is 24.4 Å². The highest BCUT2D eigenvalue weighted by atomic mass is 19.1. The minimum atomic E-state index is -0.931. The molecule has 0 fully saturated rings. The van der Waals surface area contributed by atoms with Gasteiger partial charge >= 0.3 is 0 Å². The maximum absolute atomic E-state index is 13.6. The third-order valence-corrected chi connectivity index (χ3v) is 2.54. The van der Waals surface area contributed by atoms with Gasteiger partial charge in [-0.05, 0) is 38.1 Å². The lowest BCUT2D eigenvalue weighted by molar-refractivity contribution is 0.190. The van der Waals surface area contributed by atoms with Crippen LogP contribution in [-0.4, -0.2) is 10.1 Å². The fourth-order valence-electron chi connectivity index (χ4n) is 1.65. The molecule has 2 aromatic rings. The molecule has 1 aromatic carbocycles. The number of aromatic nitrogens is 1. The molecule has 0 aliphatic rings. The van der Waals surface area contributed by atoms with E-state index in [0.717, 1.165) is 5.69 Å². The number of pyridine rings is 1. The van der Waals surface area contributed by atoms with Crippen LogP contribution >= 0.6 is 0 Å². The summed E-state index contributed by atoms with van der Waals surface area (Å²) in [5.74, 6) is 0.325. The third-order valence-electron chi connectivity index (χ3n) is 2.54. The van der Waals surface area contributed by atoms with Crippen LogP contribution in [0.1, 0.15) is 24.3 Å². The third kappa shape index (κ3) is 2.65. The van der Waals surface area contributed by atoms with Crippen LogP contribution in [0.5, 0.6) is 11.5 Å². The molecule has 0 bridgehead atoms. The lowest BCUT2D eigenvalue weighted by Gasteiger charge is -2.13. The predicted molar refractivity (Wildman–Crippen MR) is 66.1 cm³/mol. The molecule has 3 nitrogen and oxygen atoms in total. The Hall–Kier alpha value is -1.94. The second-order valence-electron chi connectivity index (χ2n) is 4.06. The fraction of sp³-hybridized carbons (Fsp3) is 0.214. The molecule has 0 aliphatic carbocycles. The van der Waals surface area contributed by atoms with Gasteiger partial charge in [-0.15, -0.1) is 0 Å². The van der Waals surface area contributed by atoms with Crippen molar-refractivity contribution in [3.63, 3.8) is 0 Å². The fourth-order valence-corrected chi connectivity index (χ4v) is 1.65. The van der Waals surface area contributed by atoms with Gasteiger partial charge in [0, 0.05) is 5.69 Å². The number of aryl methyl sites for hydroxylation is 1. The zero-order chi connectivity index (χ0) is 13.1. The summed E-state index contributed by atoms with van der Waals surface area (Å²) < 4.78 is 19.2. The Balaban J connectivity index is 2.34. The van der Waals surface area contributed by atoms with Crippen molar-refractivity contribution in [2.45, 2.75) is 20.0 Å². The number of hydrogen-bond donors (Lipinski definition) is 1.